The topological polar surface area (TPSA) is 41.6 Å². The zero-order chi connectivity index (χ0) is 14.7. The molecule has 20 heavy (non-hydrogen) atoms. The van der Waals surface area contributed by atoms with Crippen molar-refractivity contribution in [1.29, 1.82) is 0 Å². The van der Waals surface area contributed by atoms with Crippen molar-refractivity contribution in [3.8, 4) is 5.75 Å². The van der Waals surface area contributed by atoms with Crippen molar-refractivity contribution in [2.75, 3.05) is 26.5 Å². The fourth-order valence-corrected chi connectivity index (χ4v) is 2.56. The van der Waals surface area contributed by atoms with E-state index < -0.39 is 5.82 Å². The highest BCUT2D eigenvalue weighted by Crippen LogP contribution is 2.27. The fraction of sp³-hybridized carbons (Fsp3) is 0.500. The minimum Gasteiger partial charge on any atom is -0.494 e. The summed E-state index contributed by atoms with van der Waals surface area (Å²) in [6.45, 7) is 3.01. The smallest absolute Gasteiger partial charge is 0.238 e. The van der Waals surface area contributed by atoms with Crippen molar-refractivity contribution in [2.24, 2.45) is 0 Å². The number of hydrogen-bond acceptors (Lipinski definition) is 4. The SMILES string of the molecule is COc1ccc(C2NCC(=O)N2CC(C)SC)cc1F. The first-order valence-corrected chi connectivity index (χ1v) is 7.74. The van der Waals surface area contributed by atoms with Gasteiger partial charge < -0.3 is 9.64 Å². The Balaban J connectivity index is 2.21. The van der Waals surface area contributed by atoms with Gasteiger partial charge in [0.05, 0.1) is 13.7 Å². The predicted octanol–water partition coefficient (Wildman–Crippen LogP) is 2.02. The number of ether oxygens (including phenoxy) is 1. The third-order valence-electron chi connectivity index (χ3n) is 3.43. The van der Waals surface area contributed by atoms with Crippen molar-refractivity contribution >= 4 is 17.7 Å². The summed E-state index contributed by atoms with van der Waals surface area (Å²) in [7, 11) is 1.43. The molecule has 1 N–H and O–H groups in total. The molecule has 2 rings (SSSR count). The first kappa shape index (κ1) is 15.1. The average Bonchev–Trinajstić information content (AvgIpc) is 2.80. The van der Waals surface area contributed by atoms with Gasteiger partial charge in [0.25, 0.3) is 0 Å². The van der Waals surface area contributed by atoms with Gasteiger partial charge in [0.1, 0.15) is 6.17 Å². The summed E-state index contributed by atoms with van der Waals surface area (Å²) in [6, 6.07) is 4.80. The van der Waals surface area contributed by atoms with Gasteiger partial charge in [-0.3, -0.25) is 10.1 Å². The molecule has 6 heteroatoms. The molecule has 1 aliphatic rings. The maximum Gasteiger partial charge on any atom is 0.238 e. The van der Waals surface area contributed by atoms with E-state index in [9.17, 15) is 9.18 Å². The fourth-order valence-electron chi connectivity index (χ4n) is 2.25. The lowest BCUT2D eigenvalue weighted by atomic mass is 10.1. The van der Waals surface area contributed by atoms with Gasteiger partial charge in [-0.1, -0.05) is 13.0 Å². The quantitative estimate of drug-likeness (QED) is 0.903. The molecule has 0 aliphatic carbocycles. The van der Waals surface area contributed by atoms with Crippen LogP contribution in [0.2, 0.25) is 0 Å². The molecule has 0 saturated carbocycles. The summed E-state index contributed by atoms with van der Waals surface area (Å²) in [5.41, 5.74) is 0.738. The highest BCUT2D eigenvalue weighted by Gasteiger charge is 2.32. The van der Waals surface area contributed by atoms with Crippen LogP contribution in [0.4, 0.5) is 4.39 Å². The molecule has 1 fully saturated rings. The molecular weight excluding hydrogens is 279 g/mol. The van der Waals surface area contributed by atoms with E-state index in [-0.39, 0.29) is 17.8 Å². The average molecular weight is 298 g/mol. The molecule has 4 nitrogen and oxygen atoms in total. The Hall–Kier alpha value is -1.27. The van der Waals surface area contributed by atoms with Crippen LogP contribution < -0.4 is 10.1 Å². The summed E-state index contributed by atoms with van der Waals surface area (Å²) in [4.78, 5) is 13.7. The van der Waals surface area contributed by atoms with Gasteiger partial charge in [-0.25, -0.2) is 4.39 Å². The molecule has 0 aromatic heterocycles. The number of nitrogens with one attached hydrogen (secondary N) is 1. The number of halogens is 1. The summed E-state index contributed by atoms with van der Waals surface area (Å²) in [6.07, 6.45) is 1.75. The van der Waals surface area contributed by atoms with Gasteiger partial charge in [-0.15, -0.1) is 0 Å². The lowest BCUT2D eigenvalue weighted by Gasteiger charge is -2.27. The highest BCUT2D eigenvalue weighted by atomic mass is 32.2. The molecule has 1 aromatic carbocycles. The van der Waals surface area contributed by atoms with Crippen molar-refractivity contribution in [3.05, 3.63) is 29.6 Å². The molecule has 1 heterocycles. The van der Waals surface area contributed by atoms with Crippen LogP contribution in [0.5, 0.6) is 5.75 Å². The van der Waals surface area contributed by atoms with Crippen molar-refractivity contribution in [2.45, 2.75) is 18.3 Å². The van der Waals surface area contributed by atoms with E-state index in [1.54, 1.807) is 28.8 Å². The molecule has 2 unspecified atom stereocenters. The van der Waals surface area contributed by atoms with Crippen molar-refractivity contribution in [3.63, 3.8) is 0 Å². The van der Waals surface area contributed by atoms with E-state index in [0.29, 0.717) is 18.3 Å². The monoisotopic (exact) mass is 298 g/mol. The molecule has 0 radical (unpaired) electrons. The third-order valence-corrected chi connectivity index (χ3v) is 4.38. The molecule has 2 atom stereocenters. The first-order chi connectivity index (χ1) is 9.56. The van der Waals surface area contributed by atoms with Crippen LogP contribution >= 0.6 is 11.8 Å². The van der Waals surface area contributed by atoms with E-state index in [1.807, 2.05) is 6.26 Å². The number of hydrogen-bond donors (Lipinski definition) is 1. The van der Waals surface area contributed by atoms with Gasteiger partial charge in [0.2, 0.25) is 5.91 Å². The normalized spacial score (nSPS) is 20.3. The van der Waals surface area contributed by atoms with Gasteiger partial charge in [0.15, 0.2) is 11.6 Å². The lowest BCUT2D eigenvalue weighted by Crippen LogP contribution is -2.35. The van der Waals surface area contributed by atoms with Gasteiger partial charge >= 0.3 is 0 Å². The maximum absolute atomic E-state index is 13.8. The Labute approximate surface area is 122 Å². The van der Waals surface area contributed by atoms with Crippen LogP contribution in [0.3, 0.4) is 0 Å². The number of methoxy groups -OCH3 is 1. The van der Waals surface area contributed by atoms with Gasteiger partial charge in [-0.05, 0) is 24.0 Å². The second kappa shape index (κ2) is 6.45. The standard InChI is InChI=1S/C14H19FN2O2S/c1-9(20-3)8-17-13(18)7-16-14(17)10-4-5-12(19-2)11(15)6-10/h4-6,9,14,16H,7-8H2,1-3H3. The van der Waals surface area contributed by atoms with Crippen molar-refractivity contribution in [1.82, 2.24) is 10.2 Å². The second-order valence-electron chi connectivity index (χ2n) is 4.77. The number of carbonyl (C=O) groups excluding carboxylic acids is 1. The van der Waals surface area contributed by atoms with E-state index >= 15 is 0 Å². The van der Waals surface area contributed by atoms with Gasteiger partial charge in [-0.2, -0.15) is 11.8 Å². The molecular formula is C14H19FN2O2S. The van der Waals surface area contributed by atoms with E-state index in [2.05, 4.69) is 12.2 Å². The first-order valence-electron chi connectivity index (χ1n) is 6.46. The minimum absolute atomic E-state index is 0.0483. The zero-order valence-corrected chi connectivity index (χ0v) is 12.7. The summed E-state index contributed by atoms with van der Waals surface area (Å²) < 4.78 is 18.7. The molecule has 0 bridgehead atoms. The van der Waals surface area contributed by atoms with E-state index in [0.717, 1.165) is 5.56 Å². The summed E-state index contributed by atoms with van der Waals surface area (Å²) in [5.74, 6) is -0.154. The van der Waals surface area contributed by atoms with Crippen LogP contribution in [0, 0.1) is 5.82 Å². The predicted molar refractivity (Wildman–Crippen MR) is 78.4 cm³/mol. The Bertz CT molecular complexity index is 498. The third kappa shape index (κ3) is 3.07. The van der Waals surface area contributed by atoms with Crippen LogP contribution in [0.1, 0.15) is 18.7 Å². The largest absolute Gasteiger partial charge is 0.494 e. The molecule has 1 saturated heterocycles. The minimum atomic E-state index is -0.413. The Morgan fingerprint density at radius 3 is 2.95 bits per heavy atom. The molecule has 1 aromatic rings. The van der Waals surface area contributed by atoms with E-state index in [1.165, 1.54) is 13.2 Å². The highest BCUT2D eigenvalue weighted by molar-refractivity contribution is 7.99. The summed E-state index contributed by atoms with van der Waals surface area (Å²) in [5, 5.41) is 3.46. The summed E-state index contributed by atoms with van der Waals surface area (Å²) >= 11 is 1.70. The molecule has 1 aliphatic heterocycles. The van der Waals surface area contributed by atoms with Crippen molar-refractivity contribution < 1.29 is 13.9 Å². The van der Waals surface area contributed by atoms with Gasteiger partial charge in [0, 0.05) is 11.8 Å². The number of rotatable bonds is 5. The van der Waals surface area contributed by atoms with Crippen LogP contribution in [0.25, 0.3) is 0 Å². The number of carbonyl (C=O) groups is 1. The maximum atomic E-state index is 13.8. The zero-order valence-electron chi connectivity index (χ0n) is 11.9. The number of nitrogens with zero attached hydrogens (tertiary/aromatic N) is 1. The molecule has 0 spiro atoms. The number of thioether (sulfide) groups is 1. The second-order valence-corrected chi connectivity index (χ2v) is 6.05. The number of benzene rings is 1. The lowest BCUT2D eigenvalue weighted by molar-refractivity contribution is -0.128. The van der Waals surface area contributed by atoms with Crippen LogP contribution in [-0.4, -0.2) is 42.5 Å². The molecule has 1 amide bonds. The Morgan fingerprint density at radius 2 is 2.35 bits per heavy atom. The number of amides is 1. The van der Waals surface area contributed by atoms with Crippen LogP contribution in [0.15, 0.2) is 18.2 Å². The van der Waals surface area contributed by atoms with Crippen LogP contribution in [-0.2, 0) is 4.79 Å². The Kier molecular flexibility index (Phi) is 4.88. The van der Waals surface area contributed by atoms with E-state index in [4.69, 9.17) is 4.74 Å². The molecule has 110 valence electrons. The Morgan fingerprint density at radius 1 is 1.60 bits per heavy atom.